The second-order valence-electron chi connectivity index (χ2n) is 5.63. The maximum absolute atomic E-state index is 13.1. The third-order valence-electron chi connectivity index (χ3n) is 4.01. The van der Waals surface area contributed by atoms with Crippen molar-refractivity contribution >= 4 is 27.5 Å². The maximum Gasteiger partial charge on any atom is 0.244 e. The number of aryl methyl sites for hydroxylation is 1. The van der Waals surface area contributed by atoms with E-state index in [0.717, 1.165) is 0 Å². The summed E-state index contributed by atoms with van der Waals surface area (Å²) in [5.74, 6) is -0.347. The Labute approximate surface area is 146 Å². The molecule has 1 saturated heterocycles. The lowest BCUT2D eigenvalue weighted by Crippen LogP contribution is -2.52. The van der Waals surface area contributed by atoms with Crippen LogP contribution in [0.4, 0.5) is 0 Å². The average molecular weight is 365 g/mol. The van der Waals surface area contributed by atoms with Crippen molar-refractivity contribution in [3.8, 4) is 0 Å². The molecule has 1 heterocycles. The number of hydrogen-bond acceptors (Lipinski definition) is 3. The number of carbonyl (C=O) groups is 1. The van der Waals surface area contributed by atoms with Crippen LogP contribution in [0.5, 0.6) is 0 Å². The second-order valence-corrected chi connectivity index (χ2v) is 7.93. The highest BCUT2D eigenvalue weighted by Crippen LogP contribution is 2.31. The van der Waals surface area contributed by atoms with Crippen LogP contribution in [-0.2, 0) is 14.8 Å². The van der Waals surface area contributed by atoms with Crippen LogP contribution in [-0.4, -0.2) is 31.7 Å². The average Bonchev–Trinajstić information content (AvgIpc) is 2.54. The molecule has 7 heteroatoms. The quantitative estimate of drug-likeness (QED) is 0.910. The van der Waals surface area contributed by atoms with Crippen LogP contribution in [0.3, 0.4) is 0 Å². The van der Waals surface area contributed by atoms with E-state index in [1.54, 1.807) is 55.5 Å². The molecule has 0 aromatic heterocycles. The van der Waals surface area contributed by atoms with Gasteiger partial charge < -0.3 is 5.32 Å². The zero-order valence-electron chi connectivity index (χ0n) is 13.1. The number of piperazine rings is 1. The van der Waals surface area contributed by atoms with Crippen molar-refractivity contribution < 1.29 is 13.2 Å². The first-order valence-corrected chi connectivity index (χ1v) is 9.34. The first-order chi connectivity index (χ1) is 11.4. The topological polar surface area (TPSA) is 66.5 Å². The molecule has 1 aliphatic rings. The molecule has 24 heavy (non-hydrogen) atoms. The van der Waals surface area contributed by atoms with Gasteiger partial charge in [-0.15, -0.1) is 0 Å². The fraction of sp³-hybridized carbons (Fsp3) is 0.235. The first kappa shape index (κ1) is 17.0. The zero-order chi connectivity index (χ0) is 17.3. The summed E-state index contributed by atoms with van der Waals surface area (Å²) in [6.45, 7) is 2.23. The van der Waals surface area contributed by atoms with Gasteiger partial charge in [-0.25, -0.2) is 8.42 Å². The highest BCUT2D eigenvalue weighted by molar-refractivity contribution is 7.89. The molecule has 5 nitrogen and oxygen atoms in total. The number of carbonyl (C=O) groups excluding carboxylic acids is 1. The Morgan fingerprint density at radius 2 is 1.92 bits per heavy atom. The fourth-order valence-electron chi connectivity index (χ4n) is 2.87. The minimum Gasteiger partial charge on any atom is -0.353 e. The van der Waals surface area contributed by atoms with Gasteiger partial charge in [0, 0.05) is 18.1 Å². The first-order valence-electron chi connectivity index (χ1n) is 7.52. The van der Waals surface area contributed by atoms with Gasteiger partial charge in [-0.2, -0.15) is 4.31 Å². The summed E-state index contributed by atoms with van der Waals surface area (Å²) in [4.78, 5) is 12.6. The van der Waals surface area contributed by atoms with Crippen LogP contribution in [0.1, 0.15) is 17.2 Å². The van der Waals surface area contributed by atoms with Gasteiger partial charge in [0.15, 0.2) is 0 Å². The zero-order valence-corrected chi connectivity index (χ0v) is 14.6. The number of amides is 1. The van der Waals surface area contributed by atoms with Gasteiger partial charge in [0.05, 0.1) is 4.90 Å². The molecule has 126 valence electrons. The van der Waals surface area contributed by atoms with Gasteiger partial charge in [0.2, 0.25) is 15.9 Å². The summed E-state index contributed by atoms with van der Waals surface area (Å²) >= 11 is 6.02. The molecule has 2 aromatic carbocycles. The van der Waals surface area contributed by atoms with E-state index < -0.39 is 16.1 Å². The lowest BCUT2D eigenvalue weighted by molar-refractivity contribution is -0.126. The number of sulfonamides is 1. The van der Waals surface area contributed by atoms with Crippen molar-refractivity contribution in [3.05, 3.63) is 64.7 Å². The Hall–Kier alpha value is -1.89. The normalized spacial score (nSPS) is 19.1. The smallest absolute Gasteiger partial charge is 0.244 e. The molecular formula is C17H17ClN2O3S. The van der Waals surface area contributed by atoms with Gasteiger partial charge in [-0.05, 0) is 36.2 Å². The monoisotopic (exact) mass is 364 g/mol. The van der Waals surface area contributed by atoms with Crippen molar-refractivity contribution in [2.75, 3.05) is 13.1 Å². The summed E-state index contributed by atoms with van der Waals surface area (Å²) in [5.41, 5.74) is 1.20. The molecule has 0 bridgehead atoms. The van der Waals surface area contributed by atoms with Gasteiger partial charge >= 0.3 is 0 Å². The third kappa shape index (κ3) is 3.05. The molecule has 0 radical (unpaired) electrons. The minimum atomic E-state index is -3.81. The van der Waals surface area contributed by atoms with E-state index in [1.165, 1.54) is 4.31 Å². The van der Waals surface area contributed by atoms with Crippen molar-refractivity contribution in [2.45, 2.75) is 17.9 Å². The highest BCUT2D eigenvalue weighted by Gasteiger charge is 2.39. The fourth-order valence-corrected chi connectivity index (χ4v) is 4.87. The van der Waals surface area contributed by atoms with E-state index >= 15 is 0 Å². The molecule has 2 aromatic rings. The van der Waals surface area contributed by atoms with Crippen molar-refractivity contribution in [1.82, 2.24) is 9.62 Å². The Bertz CT molecular complexity index is 883. The SMILES string of the molecule is Cc1ccccc1S(=O)(=O)N1CCNC(=O)C1c1cccc(Cl)c1. The standard InChI is InChI=1S/C17H17ClN2O3S/c1-12-5-2-3-8-15(12)24(22,23)20-10-9-19-17(21)16(20)13-6-4-7-14(18)11-13/h2-8,11,16H,9-10H2,1H3,(H,19,21). The van der Waals surface area contributed by atoms with Gasteiger partial charge in [0.1, 0.15) is 6.04 Å². The van der Waals surface area contributed by atoms with E-state index in [-0.39, 0.29) is 23.9 Å². The van der Waals surface area contributed by atoms with Gasteiger partial charge in [0.25, 0.3) is 0 Å². The van der Waals surface area contributed by atoms with E-state index in [2.05, 4.69) is 5.32 Å². The molecule has 1 atom stereocenters. The Morgan fingerprint density at radius 1 is 1.17 bits per heavy atom. The van der Waals surface area contributed by atoms with Crippen LogP contribution in [0.2, 0.25) is 5.02 Å². The summed E-state index contributed by atoms with van der Waals surface area (Å²) in [5, 5.41) is 3.19. The molecule has 1 amide bonds. The third-order valence-corrected chi connectivity index (χ3v) is 6.27. The lowest BCUT2D eigenvalue weighted by atomic mass is 10.0. The summed E-state index contributed by atoms with van der Waals surface area (Å²) in [7, 11) is -3.81. The Balaban J connectivity index is 2.10. The molecule has 1 fully saturated rings. The van der Waals surface area contributed by atoms with Crippen LogP contribution in [0.25, 0.3) is 0 Å². The van der Waals surface area contributed by atoms with E-state index in [4.69, 9.17) is 11.6 Å². The highest BCUT2D eigenvalue weighted by atomic mass is 35.5. The van der Waals surface area contributed by atoms with Crippen LogP contribution in [0, 0.1) is 6.92 Å². The molecule has 1 aliphatic heterocycles. The molecule has 0 saturated carbocycles. The number of hydrogen-bond donors (Lipinski definition) is 1. The molecule has 1 unspecified atom stereocenters. The Kier molecular flexibility index (Phi) is 4.62. The molecule has 0 spiro atoms. The number of halogens is 1. The van der Waals surface area contributed by atoms with Gasteiger partial charge in [-0.3, -0.25) is 4.79 Å². The van der Waals surface area contributed by atoms with Crippen molar-refractivity contribution in [1.29, 1.82) is 0 Å². The van der Waals surface area contributed by atoms with E-state index in [0.29, 0.717) is 16.1 Å². The predicted octanol–water partition coefficient (Wildman–Crippen LogP) is 2.51. The number of rotatable bonds is 3. The summed E-state index contributed by atoms with van der Waals surface area (Å²) in [6, 6.07) is 12.6. The van der Waals surface area contributed by atoms with E-state index in [1.807, 2.05) is 0 Å². The second kappa shape index (κ2) is 6.55. The number of nitrogens with zero attached hydrogens (tertiary/aromatic N) is 1. The van der Waals surface area contributed by atoms with Crippen LogP contribution in [0.15, 0.2) is 53.4 Å². The van der Waals surface area contributed by atoms with Crippen LogP contribution < -0.4 is 5.32 Å². The number of benzene rings is 2. The van der Waals surface area contributed by atoms with Gasteiger partial charge in [-0.1, -0.05) is 41.9 Å². The predicted molar refractivity (Wildman–Crippen MR) is 92.3 cm³/mol. The Morgan fingerprint density at radius 3 is 2.62 bits per heavy atom. The number of nitrogens with one attached hydrogen (secondary N) is 1. The maximum atomic E-state index is 13.1. The molecule has 1 N–H and O–H groups in total. The van der Waals surface area contributed by atoms with Crippen LogP contribution >= 0.6 is 11.6 Å². The minimum absolute atomic E-state index is 0.208. The lowest BCUT2D eigenvalue weighted by Gasteiger charge is -2.34. The summed E-state index contributed by atoms with van der Waals surface area (Å²) in [6.07, 6.45) is 0. The largest absolute Gasteiger partial charge is 0.353 e. The molecular weight excluding hydrogens is 348 g/mol. The van der Waals surface area contributed by atoms with Crippen molar-refractivity contribution in [3.63, 3.8) is 0 Å². The van der Waals surface area contributed by atoms with Crippen molar-refractivity contribution in [2.24, 2.45) is 0 Å². The molecule has 3 rings (SSSR count). The summed E-state index contributed by atoms with van der Waals surface area (Å²) < 4.78 is 27.5. The molecule has 0 aliphatic carbocycles. The van der Waals surface area contributed by atoms with E-state index in [9.17, 15) is 13.2 Å².